The lowest BCUT2D eigenvalue weighted by atomic mass is 9.90. The van der Waals surface area contributed by atoms with E-state index in [1.54, 1.807) is 24.3 Å². The first-order valence-corrected chi connectivity index (χ1v) is 8.68. The van der Waals surface area contributed by atoms with E-state index in [-0.39, 0.29) is 22.5 Å². The van der Waals surface area contributed by atoms with Crippen molar-refractivity contribution >= 4 is 48.0 Å². The first-order valence-electron chi connectivity index (χ1n) is 7.15. The molecule has 1 atom stereocenters. The molecule has 0 fully saturated rings. The minimum absolute atomic E-state index is 0.0736. The van der Waals surface area contributed by atoms with Crippen LogP contribution in [0.4, 0.5) is 13.2 Å². The quantitative estimate of drug-likeness (QED) is 0.366. The molecule has 130 valence electrons. The molecule has 0 spiro atoms. The molecule has 2 aromatic carbocycles. The Kier molecular flexibility index (Phi) is 6.50. The van der Waals surface area contributed by atoms with Gasteiger partial charge in [-0.1, -0.05) is 41.9 Å². The third-order valence-corrected chi connectivity index (χ3v) is 4.89. The zero-order valence-electron chi connectivity index (χ0n) is 12.8. The Morgan fingerprint density at radius 1 is 1.12 bits per heavy atom. The summed E-state index contributed by atoms with van der Waals surface area (Å²) in [6.07, 6.45) is -4.55. The van der Waals surface area contributed by atoms with Crippen LogP contribution in [0.1, 0.15) is 16.7 Å². The second-order valence-corrected chi connectivity index (χ2v) is 6.57. The third-order valence-electron chi connectivity index (χ3n) is 3.54. The summed E-state index contributed by atoms with van der Waals surface area (Å²) in [7, 11) is 0. The van der Waals surface area contributed by atoms with Crippen molar-refractivity contribution in [3.8, 4) is 6.07 Å². The number of rotatable bonds is 4. The van der Waals surface area contributed by atoms with Crippen LogP contribution in [0, 0.1) is 11.3 Å². The lowest BCUT2D eigenvalue weighted by molar-refractivity contribution is -0.137. The van der Waals surface area contributed by atoms with Crippen LogP contribution in [-0.2, 0) is 6.18 Å². The van der Waals surface area contributed by atoms with Gasteiger partial charge in [0.05, 0.1) is 11.1 Å². The van der Waals surface area contributed by atoms with Gasteiger partial charge in [-0.2, -0.15) is 43.7 Å². The van der Waals surface area contributed by atoms with Crippen molar-refractivity contribution in [1.82, 2.24) is 0 Å². The maximum Gasteiger partial charge on any atom is 0.416 e. The van der Waals surface area contributed by atoms with Crippen molar-refractivity contribution in [1.29, 1.82) is 5.26 Å². The molecule has 7 heteroatoms. The van der Waals surface area contributed by atoms with Crippen LogP contribution < -0.4 is 0 Å². The van der Waals surface area contributed by atoms with Gasteiger partial charge in [0.25, 0.3) is 0 Å². The van der Waals surface area contributed by atoms with Crippen LogP contribution in [0.3, 0.4) is 0 Å². The van der Waals surface area contributed by atoms with Crippen molar-refractivity contribution in [2.24, 2.45) is 0 Å². The highest BCUT2D eigenvalue weighted by Gasteiger charge is 2.35. The van der Waals surface area contributed by atoms with E-state index < -0.39 is 17.0 Å². The number of nitriles is 1. The summed E-state index contributed by atoms with van der Waals surface area (Å²) < 4.78 is 40.3. The van der Waals surface area contributed by atoms with Gasteiger partial charge in [0.1, 0.15) is 6.07 Å². The maximum absolute atomic E-state index is 13.4. The predicted octanol–water partition coefficient (Wildman–Crippen LogP) is 6.02. The highest BCUT2D eigenvalue weighted by molar-refractivity contribution is 7.85. The van der Waals surface area contributed by atoms with Gasteiger partial charge in [-0.3, -0.25) is 0 Å². The first kappa shape index (κ1) is 19.8. The number of alkyl halides is 3. The topological polar surface area (TPSA) is 23.8 Å². The van der Waals surface area contributed by atoms with Crippen LogP contribution in [0.25, 0.3) is 11.1 Å². The number of allylic oxidation sites excluding steroid dienone is 1. The average molecular weight is 400 g/mol. The molecule has 2 aromatic rings. The minimum Gasteiger partial charge on any atom is -0.192 e. The second-order valence-electron chi connectivity index (χ2n) is 5.15. The minimum atomic E-state index is -4.55. The van der Waals surface area contributed by atoms with Gasteiger partial charge in [-0.25, -0.2) is 0 Å². The smallest absolute Gasteiger partial charge is 0.192 e. The summed E-state index contributed by atoms with van der Waals surface area (Å²) in [5.74, 6) is 0.170. The van der Waals surface area contributed by atoms with Gasteiger partial charge in [-0.05, 0) is 34.9 Å². The molecule has 0 aliphatic rings. The number of thiol groups is 2. The Morgan fingerprint density at radius 3 is 2.24 bits per heavy atom. The molecule has 0 saturated heterocycles. The largest absolute Gasteiger partial charge is 0.416 e. The van der Waals surface area contributed by atoms with Crippen molar-refractivity contribution in [2.45, 2.75) is 11.4 Å². The molecule has 0 amide bonds. The molecule has 0 saturated carbocycles. The summed E-state index contributed by atoms with van der Waals surface area (Å²) in [6, 6.07) is 13.5. The third kappa shape index (κ3) is 4.55. The van der Waals surface area contributed by atoms with Crippen LogP contribution in [-0.4, -0.2) is 11.0 Å². The van der Waals surface area contributed by atoms with E-state index in [2.05, 4.69) is 25.3 Å². The molecule has 0 aliphatic carbocycles. The Hall–Kier alpha value is -1.55. The fraction of sp³-hybridized carbons (Fsp3) is 0.167. The van der Waals surface area contributed by atoms with E-state index in [4.69, 9.17) is 11.6 Å². The normalized spacial score (nSPS) is 13.8. The number of hydrogen-bond donors (Lipinski definition) is 2. The average Bonchev–Trinajstić information content (AvgIpc) is 2.59. The van der Waals surface area contributed by atoms with E-state index >= 15 is 0 Å². The standard InChI is InChI=1S/C18H13ClF3NS2/c19-12-7-5-11(6-8-12)14(9-23)17(16(25)10-24)13-3-1-2-4-15(13)18(20,21)22/h1-8,16,24-25H,10H2. The first-order chi connectivity index (χ1) is 11.8. The van der Waals surface area contributed by atoms with E-state index in [0.717, 1.165) is 6.07 Å². The van der Waals surface area contributed by atoms with Crippen LogP contribution in [0.15, 0.2) is 48.5 Å². The van der Waals surface area contributed by atoms with Gasteiger partial charge >= 0.3 is 6.18 Å². The van der Waals surface area contributed by atoms with Gasteiger partial charge in [0, 0.05) is 16.0 Å². The van der Waals surface area contributed by atoms with Crippen LogP contribution in [0.5, 0.6) is 0 Å². The fourth-order valence-electron chi connectivity index (χ4n) is 2.43. The molecule has 0 aliphatic heterocycles. The Bertz CT molecular complexity index is 823. The molecule has 1 unspecified atom stereocenters. The summed E-state index contributed by atoms with van der Waals surface area (Å²) >= 11 is 14.4. The van der Waals surface area contributed by atoms with Gasteiger partial charge < -0.3 is 0 Å². The van der Waals surface area contributed by atoms with Gasteiger partial charge in [0.15, 0.2) is 0 Å². The lowest BCUT2D eigenvalue weighted by Gasteiger charge is -2.20. The number of nitrogens with zero attached hydrogens (tertiary/aromatic N) is 1. The highest BCUT2D eigenvalue weighted by atomic mass is 35.5. The van der Waals surface area contributed by atoms with Crippen LogP contribution in [0.2, 0.25) is 5.02 Å². The van der Waals surface area contributed by atoms with E-state index in [0.29, 0.717) is 10.6 Å². The summed E-state index contributed by atoms with van der Waals surface area (Å²) in [6.45, 7) is 0. The zero-order chi connectivity index (χ0) is 18.6. The number of benzene rings is 2. The molecule has 0 heterocycles. The van der Waals surface area contributed by atoms with Crippen LogP contribution >= 0.6 is 36.9 Å². The fourth-order valence-corrected chi connectivity index (χ4v) is 3.01. The Labute approximate surface area is 159 Å². The molecule has 25 heavy (non-hydrogen) atoms. The Balaban J connectivity index is 2.81. The van der Waals surface area contributed by atoms with Gasteiger partial charge in [0.2, 0.25) is 0 Å². The summed E-state index contributed by atoms with van der Waals surface area (Å²) in [5, 5.41) is 9.45. The second kappa shape index (κ2) is 8.22. The van der Waals surface area contributed by atoms with E-state index in [9.17, 15) is 18.4 Å². The molecule has 0 N–H and O–H groups in total. The number of halogens is 4. The maximum atomic E-state index is 13.4. The summed E-state index contributed by atoms with van der Waals surface area (Å²) in [5.41, 5.74) is -0.110. The zero-order valence-corrected chi connectivity index (χ0v) is 15.3. The lowest BCUT2D eigenvalue weighted by Crippen LogP contribution is -2.14. The molecule has 0 aromatic heterocycles. The van der Waals surface area contributed by atoms with E-state index in [1.807, 2.05) is 6.07 Å². The molecule has 2 rings (SSSR count). The number of hydrogen-bond acceptors (Lipinski definition) is 3. The molecule has 0 bridgehead atoms. The van der Waals surface area contributed by atoms with Crippen molar-refractivity contribution in [3.63, 3.8) is 0 Å². The van der Waals surface area contributed by atoms with E-state index in [1.165, 1.54) is 18.2 Å². The van der Waals surface area contributed by atoms with Crippen molar-refractivity contribution < 1.29 is 13.2 Å². The molecular weight excluding hydrogens is 387 g/mol. The predicted molar refractivity (Wildman–Crippen MR) is 102 cm³/mol. The van der Waals surface area contributed by atoms with Crippen molar-refractivity contribution in [2.75, 3.05) is 5.75 Å². The van der Waals surface area contributed by atoms with Crippen molar-refractivity contribution in [3.05, 3.63) is 70.2 Å². The monoisotopic (exact) mass is 399 g/mol. The Morgan fingerprint density at radius 2 is 1.72 bits per heavy atom. The summed E-state index contributed by atoms with van der Waals surface area (Å²) in [4.78, 5) is 0. The molecule has 1 nitrogen and oxygen atoms in total. The highest BCUT2D eigenvalue weighted by Crippen LogP contribution is 2.40. The molecular formula is C18H13ClF3NS2. The molecule has 0 radical (unpaired) electrons. The SMILES string of the molecule is N#CC(=C(c1ccccc1C(F)(F)F)C(S)CS)c1ccc(Cl)cc1. The van der Waals surface area contributed by atoms with Gasteiger partial charge in [-0.15, -0.1) is 0 Å².